The molecule has 0 bridgehead atoms. The van der Waals surface area contributed by atoms with Gasteiger partial charge in [0.05, 0.1) is 17.8 Å². The predicted octanol–water partition coefficient (Wildman–Crippen LogP) is 3.52. The third-order valence-corrected chi connectivity index (χ3v) is 5.37. The number of likely N-dealkylation sites (N-methyl/N-ethyl adjacent to an activating group) is 1. The van der Waals surface area contributed by atoms with Crippen molar-refractivity contribution in [3.8, 4) is 11.8 Å². The van der Waals surface area contributed by atoms with Crippen LogP contribution in [0.5, 0.6) is 0 Å². The summed E-state index contributed by atoms with van der Waals surface area (Å²) in [6, 6.07) is 6.34. The molecule has 2 atom stereocenters. The fourth-order valence-corrected chi connectivity index (χ4v) is 3.66. The molecule has 1 aromatic carbocycles. The molecule has 1 saturated heterocycles. The van der Waals surface area contributed by atoms with E-state index in [1.807, 2.05) is 11.9 Å². The minimum Gasteiger partial charge on any atom is -0.369 e. The van der Waals surface area contributed by atoms with Gasteiger partial charge in [0.1, 0.15) is 11.6 Å². The summed E-state index contributed by atoms with van der Waals surface area (Å²) in [4.78, 5) is 23.1. The summed E-state index contributed by atoms with van der Waals surface area (Å²) in [6.07, 6.45) is 4.96. The largest absolute Gasteiger partial charge is 0.369 e. The van der Waals surface area contributed by atoms with Gasteiger partial charge in [-0.2, -0.15) is 4.98 Å². The van der Waals surface area contributed by atoms with E-state index in [9.17, 15) is 9.18 Å². The number of unbranched alkanes of at least 4 members (excludes halogenated alkanes) is 1. The second kappa shape index (κ2) is 11.4. The highest BCUT2D eigenvalue weighted by Crippen LogP contribution is 2.20. The lowest BCUT2D eigenvalue weighted by Gasteiger charge is -2.20. The standard InChI is InChI=1S/C24H31FN6O/c1-4-12-27-22-18(16-28-24(30-22)29-20-11-8-10-19(25)15-20)9-6-5-7-13-31-17(2)14-21(26-3)23(31)32/h8,10-11,15-17,21,26H,4-5,7,12-14H2,1-3H3,(H2,27,28,29,30)/t17?,21-/m0/s1. The Morgan fingerprint density at radius 3 is 2.91 bits per heavy atom. The van der Waals surface area contributed by atoms with Gasteiger partial charge >= 0.3 is 0 Å². The first-order chi connectivity index (χ1) is 15.5. The Hall–Kier alpha value is -3.18. The first-order valence-electron chi connectivity index (χ1n) is 11.1. The molecule has 2 heterocycles. The van der Waals surface area contributed by atoms with E-state index < -0.39 is 0 Å². The van der Waals surface area contributed by atoms with Gasteiger partial charge in [-0.15, -0.1) is 0 Å². The quantitative estimate of drug-likeness (QED) is 0.411. The average Bonchev–Trinajstić information content (AvgIpc) is 3.06. The molecule has 3 N–H and O–H groups in total. The zero-order valence-corrected chi connectivity index (χ0v) is 18.9. The van der Waals surface area contributed by atoms with E-state index in [1.165, 1.54) is 12.1 Å². The monoisotopic (exact) mass is 438 g/mol. The number of likely N-dealkylation sites (tertiary alicyclic amines) is 1. The zero-order chi connectivity index (χ0) is 22.9. The number of carbonyl (C=O) groups is 1. The molecular weight excluding hydrogens is 407 g/mol. The number of nitrogens with one attached hydrogen (secondary N) is 3. The molecule has 0 radical (unpaired) electrons. The van der Waals surface area contributed by atoms with Crippen LogP contribution in [-0.2, 0) is 4.79 Å². The maximum Gasteiger partial charge on any atom is 0.240 e. The highest BCUT2D eigenvalue weighted by atomic mass is 19.1. The van der Waals surface area contributed by atoms with Crippen LogP contribution in [-0.4, -0.2) is 53.0 Å². The van der Waals surface area contributed by atoms with Gasteiger partial charge in [-0.05, 0) is 51.4 Å². The zero-order valence-electron chi connectivity index (χ0n) is 18.9. The second-order valence-electron chi connectivity index (χ2n) is 7.88. The van der Waals surface area contributed by atoms with Crippen molar-refractivity contribution < 1.29 is 9.18 Å². The summed E-state index contributed by atoms with van der Waals surface area (Å²) in [7, 11) is 1.83. The lowest BCUT2D eigenvalue weighted by molar-refractivity contribution is -0.130. The molecule has 1 aliphatic rings. The van der Waals surface area contributed by atoms with Crippen LogP contribution in [0.25, 0.3) is 0 Å². The Balaban J connectivity index is 1.62. The minimum atomic E-state index is -0.326. The second-order valence-corrected chi connectivity index (χ2v) is 7.88. The summed E-state index contributed by atoms with van der Waals surface area (Å²) in [5.74, 6) is 7.20. The van der Waals surface area contributed by atoms with E-state index >= 15 is 0 Å². The van der Waals surface area contributed by atoms with Crippen molar-refractivity contribution in [3.63, 3.8) is 0 Å². The van der Waals surface area contributed by atoms with Crippen LogP contribution in [0.15, 0.2) is 30.5 Å². The van der Waals surface area contributed by atoms with Crippen molar-refractivity contribution in [2.24, 2.45) is 0 Å². The number of aromatic nitrogens is 2. The van der Waals surface area contributed by atoms with Gasteiger partial charge in [-0.3, -0.25) is 4.79 Å². The molecule has 1 aliphatic heterocycles. The van der Waals surface area contributed by atoms with Crippen LogP contribution in [0.2, 0.25) is 0 Å². The van der Waals surface area contributed by atoms with Gasteiger partial charge < -0.3 is 20.9 Å². The molecule has 1 unspecified atom stereocenters. The number of halogens is 1. The molecule has 0 saturated carbocycles. The highest BCUT2D eigenvalue weighted by Gasteiger charge is 2.35. The first kappa shape index (κ1) is 23.5. The number of benzene rings is 1. The first-order valence-corrected chi connectivity index (χ1v) is 11.1. The molecule has 1 amide bonds. The van der Waals surface area contributed by atoms with Gasteiger partial charge in [0.25, 0.3) is 0 Å². The van der Waals surface area contributed by atoms with Crippen molar-refractivity contribution in [3.05, 3.63) is 41.8 Å². The number of rotatable bonds is 9. The molecule has 32 heavy (non-hydrogen) atoms. The molecular formula is C24H31FN6O. The van der Waals surface area contributed by atoms with Crippen molar-refractivity contribution in [1.82, 2.24) is 20.2 Å². The number of amides is 1. The van der Waals surface area contributed by atoms with Crippen LogP contribution >= 0.6 is 0 Å². The summed E-state index contributed by atoms with van der Waals surface area (Å²) < 4.78 is 13.4. The molecule has 0 aliphatic carbocycles. The minimum absolute atomic E-state index is 0.0695. The Kier molecular flexibility index (Phi) is 8.40. The highest BCUT2D eigenvalue weighted by molar-refractivity contribution is 5.84. The molecule has 0 spiro atoms. The molecule has 7 nitrogen and oxygen atoms in total. The fourth-order valence-electron chi connectivity index (χ4n) is 3.66. The number of hydrogen-bond acceptors (Lipinski definition) is 6. The van der Waals surface area contributed by atoms with E-state index in [1.54, 1.807) is 18.3 Å². The van der Waals surface area contributed by atoms with Crippen LogP contribution in [0.3, 0.4) is 0 Å². The molecule has 3 rings (SSSR count). The Labute approximate surface area is 189 Å². The van der Waals surface area contributed by atoms with Gasteiger partial charge in [0.2, 0.25) is 11.9 Å². The smallest absolute Gasteiger partial charge is 0.240 e. The van der Waals surface area contributed by atoms with Crippen LogP contribution in [0.4, 0.5) is 21.8 Å². The average molecular weight is 439 g/mol. The van der Waals surface area contributed by atoms with Crippen LogP contribution < -0.4 is 16.0 Å². The predicted molar refractivity (Wildman–Crippen MR) is 125 cm³/mol. The van der Waals surface area contributed by atoms with Crippen LogP contribution in [0.1, 0.15) is 45.1 Å². The molecule has 8 heteroatoms. The summed E-state index contributed by atoms with van der Waals surface area (Å²) in [5.41, 5.74) is 1.29. The molecule has 1 aromatic heterocycles. The number of nitrogens with zero attached hydrogens (tertiary/aromatic N) is 3. The van der Waals surface area contributed by atoms with E-state index in [2.05, 4.69) is 51.6 Å². The summed E-state index contributed by atoms with van der Waals surface area (Å²) >= 11 is 0. The Bertz CT molecular complexity index is 986. The number of carbonyl (C=O) groups excluding carboxylic acids is 1. The van der Waals surface area contributed by atoms with E-state index in [0.717, 1.165) is 25.8 Å². The van der Waals surface area contributed by atoms with E-state index in [4.69, 9.17) is 0 Å². The van der Waals surface area contributed by atoms with Crippen molar-refractivity contribution in [2.75, 3.05) is 30.8 Å². The van der Waals surface area contributed by atoms with E-state index in [0.29, 0.717) is 36.0 Å². The van der Waals surface area contributed by atoms with Gasteiger partial charge in [0.15, 0.2) is 0 Å². The SMILES string of the molecule is CCCNc1nc(Nc2cccc(F)c2)ncc1C#CCCCN1C(=O)[C@@H](NC)CC1C. The van der Waals surface area contributed by atoms with Crippen LogP contribution in [0, 0.1) is 17.7 Å². The topological polar surface area (TPSA) is 82.2 Å². The number of anilines is 3. The molecule has 1 fully saturated rings. The van der Waals surface area contributed by atoms with Crippen molar-refractivity contribution >= 4 is 23.4 Å². The van der Waals surface area contributed by atoms with Gasteiger partial charge in [-0.25, -0.2) is 9.37 Å². The molecule has 2 aromatic rings. The van der Waals surface area contributed by atoms with Gasteiger partial charge in [-0.1, -0.05) is 24.8 Å². The maximum absolute atomic E-state index is 13.4. The summed E-state index contributed by atoms with van der Waals surface area (Å²) in [5, 5.41) is 9.38. The van der Waals surface area contributed by atoms with Gasteiger partial charge in [0, 0.05) is 31.2 Å². The maximum atomic E-state index is 13.4. The lowest BCUT2D eigenvalue weighted by Crippen LogP contribution is -2.38. The fraction of sp³-hybridized carbons (Fsp3) is 0.458. The number of hydrogen-bond donors (Lipinski definition) is 3. The lowest BCUT2D eigenvalue weighted by atomic mass is 10.2. The Morgan fingerprint density at radius 1 is 1.34 bits per heavy atom. The Morgan fingerprint density at radius 2 is 2.19 bits per heavy atom. The summed E-state index contributed by atoms with van der Waals surface area (Å²) in [6.45, 7) is 5.63. The van der Waals surface area contributed by atoms with E-state index in [-0.39, 0.29) is 23.8 Å². The third kappa shape index (κ3) is 6.17. The normalized spacial score (nSPS) is 17.8. The molecule has 170 valence electrons. The van der Waals surface area contributed by atoms with Crippen molar-refractivity contribution in [1.29, 1.82) is 0 Å². The third-order valence-electron chi connectivity index (χ3n) is 5.37. The van der Waals surface area contributed by atoms with Crippen molar-refractivity contribution in [2.45, 2.75) is 51.6 Å².